The number of nitrogens with zero attached hydrogens (tertiary/aromatic N) is 3. The zero-order valence-electron chi connectivity index (χ0n) is 15.9. The maximum absolute atomic E-state index is 11.8. The third-order valence-electron chi connectivity index (χ3n) is 4.88. The van der Waals surface area contributed by atoms with Gasteiger partial charge in [0.1, 0.15) is 17.4 Å². The highest BCUT2D eigenvalue weighted by Crippen LogP contribution is 2.34. The first-order valence-electron chi connectivity index (χ1n) is 9.07. The van der Waals surface area contributed by atoms with E-state index in [1.807, 2.05) is 36.4 Å². The lowest BCUT2D eigenvalue weighted by molar-refractivity contribution is -0.130. The highest BCUT2D eigenvalue weighted by atomic mass is 79.9. The van der Waals surface area contributed by atoms with E-state index in [1.165, 1.54) is 6.08 Å². The molecule has 0 bridgehead atoms. The number of carbonyl (C=O) groups is 1. The molecule has 1 amide bonds. The third-order valence-corrected chi connectivity index (χ3v) is 5.38. The zero-order chi connectivity index (χ0) is 20.5. The smallest absolute Gasteiger partial charge is 0.246 e. The summed E-state index contributed by atoms with van der Waals surface area (Å²) in [6.07, 6.45) is 1.32. The molecule has 0 unspecified atom stereocenters. The number of nitrogens with two attached hydrogens (primary N) is 1. The van der Waals surface area contributed by atoms with Crippen LogP contribution < -0.4 is 15.8 Å². The first kappa shape index (κ1) is 19.2. The third kappa shape index (κ3) is 3.75. The van der Waals surface area contributed by atoms with Gasteiger partial charge in [0, 0.05) is 34.7 Å². The molecular weight excluding hydrogens is 434 g/mol. The fourth-order valence-electron chi connectivity index (χ4n) is 3.30. The largest absolute Gasteiger partial charge is 0.495 e. The second kappa shape index (κ2) is 7.71. The summed E-state index contributed by atoms with van der Waals surface area (Å²) in [6.45, 7) is 4.67. The summed E-state index contributed by atoms with van der Waals surface area (Å²) in [5, 5.41) is 4.16. The molecule has 0 saturated carbocycles. The van der Waals surface area contributed by atoms with Crippen LogP contribution in [0.2, 0.25) is 0 Å². The van der Waals surface area contributed by atoms with Crippen molar-refractivity contribution in [2.45, 2.75) is 5.92 Å². The lowest BCUT2D eigenvalue weighted by Crippen LogP contribution is -2.48. The highest BCUT2D eigenvalue weighted by Gasteiger charge is 2.33. The number of benzene rings is 2. The summed E-state index contributed by atoms with van der Waals surface area (Å²) in [5.74, 6) is 1.88. The molecular formula is C21H20BrN5O2. The maximum Gasteiger partial charge on any atom is 0.246 e. The van der Waals surface area contributed by atoms with Gasteiger partial charge < -0.3 is 20.7 Å². The van der Waals surface area contributed by atoms with Gasteiger partial charge in [0.15, 0.2) is 0 Å². The molecule has 1 aromatic heterocycles. The SMILES string of the molecule is C=CC(=O)N1CC(c2nc(Nc3cccc(Br)c3)c3cc(N)c(OC)cc3n2)C1. The normalized spacial score (nSPS) is 13.8. The Morgan fingerprint density at radius 2 is 2.14 bits per heavy atom. The van der Waals surface area contributed by atoms with Crippen LogP contribution in [0.5, 0.6) is 5.75 Å². The molecule has 0 radical (unpaired) electrons. The number of ether oxygens (including phenoxy) is 1. The number of halogens is 1. The van der Waals surface area contributed by atoms with Gasteiger partial charge in [-0.25, -0.2) is 9.97 Å². The van der Waals surface area contributed by atoms with E-state index in [4.69, 9.17) is 20.4 Å². The van der Waals surface area contributed by atoms with E-state index >= 15 is 0 Å². The number of carbonyl (C=O) groups excluding carboxylic acids is 1. The standard InChI is InChI=1S/C21H20BrN5O2/c1-3-19(28)27-10-12(11-27)20-25-17-9-18(29-2)16(23)8-15(17)21(26-20)24-14-6-4-5-13(22)7-14/h3-9,12H,1,10-11,23H2,2H3,(H,24,25,26). The number of anilines is 3. The van der Waals surface area contributed by atoms with Gasteiger partial charge in [0.25, 0.3) is 0 Å². The molecule has 1 saturated heterocycles. The quantitative estimate of drug-likeness (QED) is 0.450. The molecule has 148 valence electrons. The number of amides is 1. The molecule has 0 aliphatic carbocycles. The molecule has 2 heterocycles. The molecule has 29 heavy (non-hydrogen) atoms. The van der Waals surface area contributed by atoms with Gasteiger partial charge in [-0.15, -0.1) is 0 Å². The van der Waals surface area contributed by atoms with Crippen LogP contribution >= 0.6 is 15.9 Å². The Morgan fingerprint density at radius 1 is 1.34 bits per heavy atom. The molecule has 8 heteroatoms. The van der Waals surface area contributed by atoms with Gasteiger partial charge in [-0.05, 0) is 30.3 Å². The summed E-state index contributed by atoms with van der Waals surface area (Å²) in [4.78, 5) is 23.0. The highest BCUT2D eigenvalue weighted by molar-refractivity contribution is 9.10. The van der Waals surface area contributed by atoms with Crippen molar-refractivity contribution in [1.82, 2.24) is 14.9 Å². The number of nitrogen functional groups attached to an aromatic ring is 1. The molecule has 1 fully saturated rings. The zero-order valence-corrected chi connectivity index (χ0v) is 17.4. The number of fused-ring (bicyclic) bond motifs is 1. The van der Waals surface area contributed by atoms with Gasteiger partial charge >= 0.3 is 0 Å². The molecule has 1 aliphatic rings. The van der Waals surface area contributed by atoms with Gasteiger partial charge in [-0.2, -0.15) is 0 Å². The van der Waals surface area contributed by atoms with Crippen molar-refractivity contribution in [2.75, 3.05) is 31.2 Å². The minimum absolute atomic E-state index is 0.0647. The molecule has 4 rings (SSSR count). The predicted octanol–water partition coefficient (Wildman–Crippen LogP) is 3.84. The fraction of sp³-hybridized carbons (Fsp3) is 0.190. The fourth-order valence-corrected chi connectivity index (χ4v) is 3.70. The van der Waals surface area contributed by atoms with Crippen molar-refractivity contribution in [3.05, 3.63) is 59.4 Å². The molecule has 7 nitrogen and oxygen atoms in total. The molecule has 2 aromatic carbocycles. The number of rotatable bonds is 5. The number of nitrogens with one attached hydrogen (secondary N) is 1. The molecule has 0 spiro atoms. The van der Waals surface area contributed by atoms with E-state index in [0.29, 0.717) is 36.2 Å². The summed E-state index contributed by atoms with van der Waals surface area (Å²) in [5.41, 5.74) is 8.24. The van der Waals surface area contributed by atoms with Crippen LogP contribution in [0, 0.1) is 0 Å². The number of aromatic nitrogens is 2. The average molecular weight is 454 g/mol. The van der Waals surface area contributed by atoms with Crippen LogP contribution in [0.3, 0.4) is 0 Å². The number of methoxy groups -OCH3 is 1. The van der Waals surface area contributed by atoms with Crippen molar-refractivity contribution in [3.8, 4) is 5.75 Å². The first-order chi connectivity index (χ1) is 14.0. The Hall–Kier alpha value is -3.13. The molecule has 1 aliphatic heterocycles. The Labute approximate surface area is 176 Å². The minimum Gasteiger partial charge on any atom is -0.495 e. The van der Waals surface area contributed by atoms with Crippen LogP contribution in [-0.4, -0.2) is 41.0 Å². The second-order valence-electron chi connectivity index (χ2n) is 6.82. The Morgan fingerprint density at radius 3 is 2.83 bits per heavy atom. The van der Waals surface area contributed by atoms with E-state index in [1.54, 1.807) is 12.0 Å². The van der Waals surface area contributed by atoms with Gasteiger partial charge in [0.2, 0.25) is 5.91 Å². The van der Waals surface area contributed by atoms with Crippen LogP contribution in [0.1, 0.15) is 11.7 Å². The average Bonchev–Trinajstić information content (AvgIpc) is 2.66. The molecule has 3 N–H and O–H groups in total. The predicted molar refractivity (Wildman–Crippen MR) is 117 cm³/mol. The topological polar surface area (TPSA) is 93.4 Å². The van der Waals surface area contributed by atoms with Crippen molar-refractivity contribution in [1.29, 1.82) is 0 Å². The van der Waals surface area contributed by atoms with E-state index in [9.17, 15) is 4.79 Å². The monoisotopic (exact) mass is 453 g/mol. The van der Waals surface area contributed by atoms with Crippen molar-refractivity contribution in [2.24, 2.45) is 0 Å². The molecule has 0 atom stereocenters. The number of hydrogen-bond donors (Lipinski definition) is 2. The summed E-state index contributed by atoms with van der Waals surface area (Å²) < 4.78 is 6.31. The summed E-state index contributed by atoms with van der Waals surface area (Å²) >= 11 is 3.49. The summed E-state index contributed by atoms with van der Waals surface area (Å²) in [6, 6.07) is 11.4. The number of likely N-dealkylation sites (tertiary alicyclic amines) is 1. The minimum atomic E-state index is -0.0797. The first-order valence-corrected chi connectivity index (χ1v) is 9.87. The van der Waals surface area contributed by atoms with Crippen molar-refractivity contribution >= 4 is 49.9 Å². The Balaban J connectivity index is 1.76. The maximum atomic E-state index is 11.8. The molecule has 3 aromatic rings. The van der Waals surface area contributed by atoms with Crippen LogP contribution in [0.4, 0.5) is 17.2 Å². The van der Waals surface area contributed by atoms with Crippen LogP contribution in [0.25, 0.3) is 10.9 Å². The Kier molecular flexibility index (Phi) is 5.10. The van der Waals surface area contributed by atoms with Gasteiger partial charge in [-0.3, -0.25) is 4.79 Å². The van der Waals surface area contributed by atoms with E-state index in [0.717, 1.165) is 21.1 Å². The van der Waals surface area contributed by atoms with Crippen molar-refractivity contribution < 1.29 is 9.53 Å². The van der Waals surface area contributed by atoms with Crippen molar-refractivity contribution in [3.63, 3.8) is 0 Å². The van der Waals surface area contributed by atoms with Gasteiger partial charge in [0.05, 0.1) is 24.2 Å². The van der Waals surface area contributed by atoms with E-state index in [-0.39, 0.29) is 11.8 Å². The van der Waals surface area contributed by atoms with E-state index in [2.05, 4.69) is 27.8 Å². The van der Waals surface area contributed by atoms with E-state index < -0.39 is 0 Å². The lowest BCUT2D eigenvalue weighted by atomic mass is 9.98. The Bertz CT molecular complexity index is 1110. The van der Waals surface area contributed by atoms with Crippen LogP contribution in [0.15, 0.2) is 53.5 Å². The van der Waals surface area contributed by atoms with Gasteiger partial charge in [-0.1, -0.05) is 28.6 Å². The van der Waals surface area contributed by atoms with Crippen LogP contribution in [-0.2, 0) is 4.79 Å². The lowest BCUT2D eigenvalue weighted by Gasteiger charge is -2.37. The number of hydrogen-bond acceptors (Lipinski definition) is 6. The summed E-state index contributed by atoms with van der Waals surface area (Å²) in [7, 11) is 1.57. The second-order valence-corrected chi connectivity index (χ2v) is 7.74.